The van der Waals surface area contributed by atoms with Crippen molar-refractivity contribution >= 4 is 35.3 Å². The summed E-state index contributed by atoms with van der Waals surface area (Å²) in [6, 6.07) is 11.7. The number of anilines is 1. The standard InChI is InChI=1S/C17H16ClN3O3/c1-11(22)20-14-5-3-4-13(9-14)17(23)21-19-10-12-6-7-16(24-2)15(18)8-12/h3-10H,1-2H3,(H,20,22)(H,21,23). The maximum atomic E-state index is 12.1. The van der Waals surface area contributed by atoms with Crippen molar-refractivity contribution in [2.24, 2.45) is 5.10 Å². The zero-order chi connectivity index (χ0) is 17.5. The van der Waals surface area contributed by atoms with Gasteiger partial charge >= 0.3 is 0 Å². The van der Waals surface area contributed by atoms with Crippen LogP contribution in [-0.2, 0) is 4.79 Å². The normalized spacial score (nSPS) is 10.5. The van der Waals surface area contributed by atoms with E-state index in [1.165, 1.54) is 20.2 Å². The summed E-state index contributed by atoms with van der Waals surface area (Å²) in [5.41, 5.74) is 4.06. The lowest BCUT2D eigenvalue weighted by molar-refractivity contribution is -0.114. The van der Waals surface area contributed by atoms with E-state index in [0.29, 0.717) is 27.6 Å². The molecule has 0 aromatic heterocycles. The van der Waals surface area contributed by atoms with Gasteiger partial charge in [-0.1, -0.05) is 17.7 Å². The van der Waals surface area contributed by atoms with Crippen molar-refractivity contribution in [3.63, 3.8) is 0 Å². The summed E-state index contributed by atoms with van der Waals surface area (Å²) in [6.45, 7) is 1.40. The van der Waals surface area contributed by atoms with Gasteiger partial charge in [-0.3, -0.25) is 9.59 Å². The molecule has 124 valence electrons. The quantitative estimate of drug-likeness (QED) is 0.645. The van der Waals surface area contributed by atoms with Crippen LogP contribution in [0, 0.1) is 0 Å². The van der Waals surface area contributed by atoms with Gasteiger partial charge in [-0.15, -0.1) is 0 Å². The van der Waals surface area contributed by atoms with Crippen LogP contribution in [0.4, 0.5) is 5.69 Å². The van der Waals surface area contributed by atoms with Gasteiger partial charge in [0.15, 0.2) is 0 Å². The van der Waals surface area contributed by atoms with Crippen LogP contribution >= 0.6 is 11.6 Å². The number of nitrogens with one attached hydrogen (secondary N) is 2. The minimum Gasteiger partial charge on any atom is -0.495 e. The molecule has 2 amide bonds. The summed E-state index contributed by atoms with van der Waals surface area (Å²) < 4.78 is 5.06. The lowest BCUT2D eigenvalue weighted by Crippen LogP contribution is -2.18. The molecule has 7 heteroatoms. The fourth-order valence-corrected chi connectivity index (χ4v) is 2.20. The molecular formula is C17H16ClN3O3. The zero-order valence-electron chi connectivity index (χ0n) is 13.2. The van der Waals surface area contributed by atoms with Gasteiger partial charge in [0.2, 0.25) is 5.91 Å². The Morgan fingerprint density at radius 1 is 1.21 bits per heavy atom. The van der Waals surface area contributed by atoms with E-state index in [-0.39, 0.29) is 5.91 Å². The van der Waals surface area contributed by atoms with Crippen LogP contribution in [0.25, 0.3) is 0 Å². The number of nitrogens with zero attached hydrogens (tertiary/aromatic N) is 1. The summed E-state index contributed by atoms with van der Waals surface area (Å²) in [5, 5.41) is 6.96. The summed E-state index contributed by atoms with van der Waals surface area (Å²) in [7, 11) is 1.53. The Hall–Kier alpha value is -2.86. The SMILES string of the molecule is COc1ccc(C=NNC(=O)c2cccc(NC(C)=O)c2)cc1Cl. The highest BCUT2D eigenvalue weighted by molar-refractivity contribution is 6.32. The number of carbonyl (C=O) groups is 2. The summed E-state index contributed by atoms with van der Waals surface area (Å²) >= 11 is 6.02. The van der Waals surface area contributed by atoms with Crippen LogP contribution < -0.4 is 15.5 Å². The Morgan fingerprint density at radius 2 is 2.00 bits per heavy atom. The highest BCUT2D eigenvalue weighted by Gasteiger charge is 2.06. The molecule has 24 heavy (non-hydrogen) atoms. The molecule has 0 unspecified atom stereocenters. The number of hydrogen-bond acceptors (Lipinski definition) is 4. The number of hydrogen-bond donors (Lipinski definition) is 2. The Labute approximate surface area is 144 Å². The fraction of sp³-hybridized carbons (Fsp3) is 0.118. The van der Waals surface area contributed by atoms with Crippen LogP contribution in [0.15, 0.2) is 47.6 Å². The van der Waals surface area contributed by atoms with E-state index in [9.17, 15) is 9.59 Å². The molecule has 0 atom stereocenters. The lowest BCUT2D eigenvalue weighted by atomic mass is 10.2. The predicted molar refractivity (Wildman–Crippen MR) is 93.8 cm³/mol. The zero-order valence-corrected chi connectivity index (χ0v) is 13.9. The van der Waals surface area contributed by atoms with Crippen LogP contribution in [0.5, 0.6) is 5.75 Å². The van der Waals surface area contributed by atoms with Crippen molar-refractivity contribution in [2.45, 2.75) is 6.92 Å². The fourth-order valence-electron chi connectivity index (χ4n) is 1.93. The first-order valence-corrected chi connectivity index (χ1v) is 7.42. The van der Waals surface area contributed by atoms with Crippen LogP contribution in [0.2, 0.25) is 5.02 Å². The Kier molecular flexibility index (Phi) is 5.92. The molecule has 2 N–H and O–H groups in total. The van der Waals surface area contributed by atoms with Crippen molar-refractivity contribution in [2.75, 3.05) is 12.4 Å². The first-order chi connectivity index (χ1) is 11.5. The van der Waals surface area contributed by atoms with Crippen LogP contribution in [0.1, 0.15) is 22.8 Å². The second kappa shape index (κ2) is 8.12. The smallest absolute Gasteiger partial charge is 0.271 e. The largest absolute Gasteiger partial charge is 0.495 e. The highest BCUT2D eigenvalue weighted by atomic mass is 35.5. The van der Waals surface area contributed by atoms with Crippen molar-refractivity contribution in [1.29, 1.82) is 0 Å². The van der Waals surface area contributed by atoms with Crippen molar-refractivity contribution in [3.05, 3.63) is 58.6 Å². The van der Waals surface area contributed by atoms with Crippen LogP contribution in [-0.4, -0.2) is 25.1 Å². The van der Waals surface area contributed by atoms with E-state index in [0.717, 1.165) is 0 Å². The average molecular weight is 346 g/mol. The second-order valence-electron chi connectivity index (χ2n) is 4.86. The summed E-state index contributed by atoms with van der Waals surface area (Å²) in [4.78, 5) is 23.1. The first kappa shape index (κ1) is 17.5. The predicted octanol–water partition coefficient (Wildman–Crippen LogP) is 3.07. The Bertz CT molecular complexity index is 790. The summed E-state index contributed by atoms with van der Waals surface area (Å²) in [5.74, 6) is -0.0346. The molecule has 0 radical (unpaired) electrons. The lowest BCUT2D eigenvalue weighted by Gasteiger charge is -2.05. The molecule has 0 aliphatic rings. The molecule has 2 aromatic carbocycles. The number of amides is 2. The molecule has 0 spiro atoms. The van der Waals surface area contributed by atoms with Gasteiger partial charge in [0.1, 0.15) is 5.75 Å². The molecule has 2 aromatic rings. The minimum absolute atomic E-state index is 0.207. The molecule has 0 aliphatic heterocycles. The molecule has 0 fully saturated rings. The number of ether oxygens (including phenoxy) is 1. The van der Waals surface area contributed by atoms with E-state index in [1.807, 2.05) is 0 Å². The number of methoxy groups -OCH3 is 1. The average Bonchev–Trinajstić information content (AvgIpc) is 2.54. The molecule has 0 bridgehead atoms. The van der Waals surface area contributed by atoms with Crippen molar-refractivity contribution in [1.82, 2.24) is 5.43 Å². The van der Waals surface area contributed by atoms with Gasteiger partial charge in [0, 0.05) is 18.2 Å². The highest BCUT2D eigenvalue weighted by Crippen LogP contribution is 2.24. The molecule has 2 rings (SSSR count). The third-order valence-corrected chi connectivity index (χ3v) is 3.30. The molecule has 0 heterocycles. The molecule has 0 saturated carbocycles. The number of rotatable bonds is 5. The number of halogens is 1. The Balaban J connectivity index is 2.02. The van der Waals surface area contributed by atoms with Gasteiger partial charge in [-0.25, -0.2) is 5.43 Å². The number of benzene rings is 2. The second-order valence-corrected chi connectivity index (χ2v) is 5.26. The number of hydrazone groups is 1. The van der Waals surface area contributed by atoms with E-state index < -0.39 is 5.91 Å². The Morgan fingerprint density at radius 3 is 2.67 bits per heavy atom. The van der Waals surface area contributed by atoms with Gasteiger partial charge in [0.25, 0.3) is 5.91 Å². The van der Waals surface area contributed by atoms with Gasteiger partial charge in [-0.2, -0.15) is 5.10 Å². The molecule has 0 saturated heterocycles. The maximum Gasteiger partial charge on any atom is 0.271 e. The maximum absolute atomic E-state index is 12.1. The van der Waals surface area contributed by atoms with Crippen molar-refractivity contribution < 1.29 is 14.3 Å². The molecule has 6 nitrogen and oxygen atoms in total. The van der Waals surface area contributed by atoms with Gasteiger partial charge in [-0.05, 0) is 42.0 Å². The number of carbonyl (C=O) groups excluding carboxylic acids is 2. The van der Waals surface area contributed by atoms with E-state index in [4.69, 9.17) is 16.3 Å². The van der Waals surface area contributed by atoms with E-state index in [1.54, 1.807) is 42.5 Å². The van der Waals surface area contributed by atoms with E-state index >= 15 is 0 Å². The topological polar surface area (TPSA) is 79.8 Å². The van der Waals surface area contributed by atoms with Crippen molar-refractivity contribution in [3.8, 4) is 5.75 Å². The molecule has 0 aliphatic carbocycles. The minimum atomic E-state index is -0.391. The third-order valence-electron chi connectivity index (χ3n) is 3.00. The van der Waals surface area contributed by atoms with Crippen LogP contribution in [0.3, 0.4) is 0 Å². The molecular weight excluding hydrogens is 330 g/mol. The first-order valence-electron chi connectivity index (χ1n) is 7.04. The third kappa shape index (κ3) is 4.82. The van der Waals surface area contributed by atoms with E-state index in [2.05, 4.69) is 15.8 Å². The van der Waals surface area contributed by atoms with Gasteiger partial charge < -0.3 is 10.1 Å². The summed E-state index contributed by atoms with van der Waals surface area (Å²) in [6.07, 6.45) is 1.47. The monoisotopic (exact) mass is 345 g/mol. The van der Waals surface area contributed by atoms with Gasteiger partial charge in [0.05, 0.1) is 18.3 Å².